The normalized spacial score (nSPS) is 22.0. The lowest BCUT2D eigenvalue weighted by Crippen LogP contribution is -2.38. The average molecular weight is 316 g/mol. The lowest BCUT2D eigenvalue weighted by Gasteiger charge is -2.18. The number of amides is 2. The summed E-state index contributed by atoms with van der Waals surface area (Å²) >= 11 is 0. The lowest BCUT2D eigenvalue weighted by atomic mass is 10.0. The molecule has 2 atom stereocenters. The second-order valence-corrected chi connectivity index (χ2v) is 6.33. The molecule has 0 radical (unpaired) electrons. The highest BCUT2D eigenvalue weighted by Gasteiger charge is 2.38. The van der Waals surface area contributed by atoms with Crippen LogP contribution >= 0.6 is 0 Å². The lowest BCUT2D eigenvalue weighted by molar-refractivity contribution is -0.142. The molecule has 2 amide bonds. The molecule has 0 aromatic heterocycles. The molecule has 1 aliphatic heterocycles. The van der Waals surface area contributed by atoms with E-state index in [2.05, 4.69) is 5.32 Å². The quantitative estimate of drug-likeness (QED) is 0.825. The van der Waals surface area contributed by atoms with Crippen molar-refractivity contribution in [2.45, 2.75) is 25.3 Å². The van der Waals surface area contributed by atoms with Crippen molar-refractivity contribution in [3.63, 3.8) is 0 Å². The van der Waals surface area contributed by atoms with Crippen molar-refractivity contribution in [1.29, 1.82) is 0 Å². The fourth-order valence-electron chi connectivity index (χ4n) is 2.93. The number of carboxylic acids is 1. The van der Waals surface area contributed by atoms with Crippen molar-refractivity contribution in [1.82, 2.24) is 10.2 Å². The van der Waals surface area contributed by atoms with Crippen LogP contribution in [0.1, 0.15) is 30.9 Å². The highest BCUT2D eigenvalue weighted by atomic mass is 16.4. The van der Waals surface area contributed by atoms with Gasteiger partial charge in [-0.15, -0.1) is 0 Å². The number of aliphatic carboxylic acids is 1. The number of rotatable bonds is 6. The molecule has 2 fully saturated rings. The van der Waals surface area contributed by atoms with Gasteiger partial charge in [0.2, 0.25) is 11.8 Å². The highest BCUT2D eigenvalue weighted by Crippen LogP contribution is 2.32. The minimum absolute atomic E-state index is 0.0105. The van der Waals surface area contributed by atoms with E-state index in [1.54, 1.807) is 35.2 Å². The van der Waals surface area contributed by atoms with Crippen molar-refractivity contribution < 1.29 is 19.5 Å². The largest absolute Gasteiger partial charge is 0.479 e. The number of nitrogens with zero attached hydrogens (tertiary/aromatic N) is 1. The number of hydrogen-bond donors (Lipinski definition) is 2. The van der Waals surface area contributed by atoms with Crippen molar-refractivity contribution in [2.24, 2.45) is 11.8 Å². The zero-order valence-electron chi connectivity index (χ0n) is 12.8. The second-order valence-electron chi connectivity index (χ2n) is 6.33. The molecule has 2 N–H and O–H groups in total. The zero-order chi connectivity index (χ0) is 16.4. The highest BCUT2D eigenvalue weighted by molar-refractivity contribution is 5.91. The van der Waals surface area contributed by atoms with Crippen molar-refractivity contribution in [2.75, 3.05) is 13.1 Å². The van der Waals surface area contributed by atoms with Crippen LogP contribution in [-0.2, 0) is 14.4 Å². The Balaban J connectivity index is 1.63. The minimum atomic E-state index is -1.11. The van der Waals surface area contributed by atoms with Gasteiger partial charge >= 0.3 is 5.97 Å². The van der Waals surface area contributed by atoms with E-state index in [4.69, 9.17) is 0 Å². The topological polar surface area (TPSA) is 86.7 Å². The van der Waals surface area contributed by atoms with Gasteiger partial charge in [-0.3, -0.25) is 9.59 Å². The zero-order valence-corrected chi connectivity index (χ0v) is 12.8. The molecule has 0 spiro atoms. The molecule has 1 saturated carbocycles. The Kier molecular flexibility index (Phi) is 4.32. The minimum Gasteiger partial charge on any atom is -0.479 e. The van der Waals surface area contributed by atoms with E-state index in [0.717, 1.165) is 19.4 Å². The summed E-state index contributed by atoms with van der Waals surface area (Å²) < 4.78 is 0. The number of hydrogen-bond acceptors (Lipinski definition) is 3. The second kappa shape index (κ2) is 6.40. The van der Waals surface area contributed by atoms with Crippen molar-refractivity contribution >= 4 is 17.8 Å². The van der Waals surface area contributed by atoms with Gasteiger partial charge in [-0.2, -0.15) is 0 Å². The number of carboxylic acid groups (broad SMARTS) is 1. The summed E-state index contributed by atoms with van der Waals surface area (Å²) in [6.45, 7) is 1.12. The van der Waals surface area contributed by atoms with Crippen LogP contribution in [-0.4, -0.2) is 40.9 Å². The summed E-state index contributed by atoms with van der Waals surface area (Å²) in [6.07, 6.45) is 2.46. The van der Waals surface area contributed by atoms with Gasteiger partial charge in [0.05, 0.1) is 5.92 Å². The molecule has 1 saturated heterocycles. The Morgan fingerprint density at radius 1 is 1.26 bits per heavy atom. The first-order valence-electron chi connectivity index (χ1n) is 7.90. The van der Waals surface area contributed by atoms with Crippen molar-refractivity contribution in [3.05, 3.63) is 35.9 Å². The van der Waals surface area contributed by atoms with E-state index >= 15 is 0 Å². The van der Waals surface area contributed by atoms with Crippen LogP contribution in [0.5, 0.6) is 0 Å². The van der Waals surface area contributed by atoms with E-state index in [-0.39, 0.29) is 18.2 Å². The average Bonchev–Trinajstić information content (AvgIpc) is 3.28. The van der Waals surface area contributed by atoms with Gasteiger partial charge in [0.15, 0.2) is 6.04 Å². The van der Waals surface area contributed by atoms with Crippen LogP contribution < -0.4 is 5.32 Å². The summed E-state index contributed by atoms with van der Waals surface area (Å²) in [5.41, 5.74) is 0.521. The van der Waals surface area contributed by atoms with E-state index in [9.17, 15) is 19.5 Å². The number of carbonyl (C=O) groups is 3. The first-order chi connectivity index (χ1) is 11.0. The first kappa shape index (κ1) is 15.5. The number of carbonyl (C=O) groups excluding carboxylic acids is 2. The van der Waals surface area contributed by atoms with Gasteiger partial charge in [0.25, 0.3) is 0 Å². The third kappa shape index (κ3) is 3.70. The third-order valence-corrected chi connectivity index (χ3v) is 4.43. The molecule has 0 bridgehead atoms. The molecular weight excluding hydrogens is 296 g/mol. The standard InChI is InChI=1S/C17H20N2O4/c20-14-8-13(10-19(14)9-11-6-7-11)16(21)18-15(17(22)23)12-4-2-1-3-5-12/h1-5,11,13,15H,6-10H2,(H,18,21)(H,22,23)/t13-,15+/m1/s1. The van der Waals surface area contributed by atoms with Gasteiger partial charge in [-0.1, -0.05) is 30.3 Å². The third-order valence-electron chi connectivity index (χ3n) is 4.43. The molecule has 6 heteroatoms. The monoisotopic (exact) mass is 316 g/mol. The Morgan fingerprint density at radius 2 is 1.96 bits per heavy atom. The van der Waals surface area contributed by atoms with Crippen LogP contribution in [0.15, 0.2) is 30.3 Å². The molecule has 0 unspecified atom stereocenters. The smallest absolute Gasteiger partial charge is 0.330 e. The van der Waals surface area contributed by atoms with Gasteiger partial charge in [0.1, 0.15) is 0 Å². The Labute approximate surface area is 134 Å². The fraction of sp³-hybridized carbons (Fsp3) is 0.471. The maximum Gasteiger partial charge on any atom is 0.330 e. The molecule has 1 heterocycles. The summed E-state index contributed by atoms with van der Waals surface area (Å²) in [7, 11) is 0. The van der Waals surface area contributed by atoms with Crippen LogP contribution in [0.25, 0.3) is 0 Å². The molecule has 3 rings (SSSR count). The summed E-state index contributed by atoms with van der Waals surface area (Å²) in [5, 5.41) is 11.9. The Bertz CT molecular complexity index is 612. The van der Waals surface area contributed by atoms with Crippen LogP contribution in [0, 0.1) is 11.8 Å². The van der Waals surface area contributed by atoms with E-state index in [1.165, 1.54) is 0 Å². The van der Waals surface area contributed by atoms with Gasteiger partial charge in [-0.25, -0.2) is 4.79 Å². The molecule has 2 aliphatic rings. The number of likely N-dealkylation sites (tertiary alicyclic amines) is 1. The van der Waals surface area contributed by atoms with Gasteiger partial charge < -0.3 is 15.3 Å². The predicted molar refractivity (Wildman–Crippen MR) is 82.4 cm³/mol. The molecular formula is C17H20N2O4. The maximum atomic E-state index is 12.4. The van der Waals surface area contributed by atoms with E-state index < -0.39 is 17.9 Å². The molecule has 1 aromatic rings. The van der Waals surface area contributed by atoms with E-state index in [1.807, 2.05) is 0 Å². The molecule has 23 heavy (non-hydrogen) atoms. The predicted octanol–water partition coefficient (Wildman–Crippen LogP) is 1.19. The molecule has 1 aliphatic carbocycles. The van der Waals surface area contributed by atoms with Crippen LogP contribution in [0.4, 0.5) is 0 Å². The van der Waals surface area contributed by atoms with Crippen molar-refractivity contribution in [3.8, 4) is 0 Å². The van der Waals surface area contributed by atoms with Gasteiger partial charge in [0, 0.05) is 19.5 Å². The molecule has 1 aromatic carbocycles. The Hall–Kier alpha value is -2.37. The Morgan fingerprint density at radius 3 is 2.57 bits per heavy atom. The summed E-state index contributed by atoms with van der Waals surface area (Å²) in [6, 6.07) is 7.49. The SMILES string of the molecule is O=C(N[C@H](C(=O)O)c1ccccc1)[C@@H]1CC(=O)N(CC2CC2)C1. The number of benzene rings is 1. The first-order valence-corrected chi connectivity index (χ1v) is 7.90. The van der Waals surface area contributed by atoms with Crippen LogP contribution in [0.2, 0.25) is 0 Å². The van der Waals surface area contributed by atoms with Gasteiger partial charge in [-0.05, 0) is 24.3 Å². The number of nitrogens with one attached hydrogen (secondary N) is 1. The summed E-state index contributed by atoms with van der Waals surface area (Å²) in [5.74, 6) is -1.37. The van der Waals surface area contributed by atoms with Crippen LogP contribution in [0.3, 0.4) is 0 Å². The summed E-state index contributed by atoms with van der Waals surface area (Å²) in [4.78, 5) is 37.5. The van der Waals surface area contributed by atoms with E-state index in [0.29, 0.717) is 18.0 Å². The maximum absolute atomic E-state index is 12.4. The molecule has 6 nitrogen and oxygen atoms in total. The fourth-order valence-corrected chi connectivity index (χ4v) is 2.93. The molecule has 122 valence electrons.